The summed E-state index contributed by atoms with van der Waals surface area (Å²) in [4.78, 5) is 15.1. The van der Waals surface area contributed by atoms with Gasteiger partial charge in [0.1, 0.15) is 0 Å². The number of rotatable bonds is 5. The van der Waals surface area contributed by atoms with Gasteiger partial charge < -0.3 is 9.72 Å². The molecule has 0 amide bonds. The molecule has 1 N–H and O–H groups in total. The van der Waals surface area contributed by atoms with E-state index in [-0.39, 0.29) is 29.1 Å². The van der Waals surface area contributed by atoms with Crippen LogP contribution in [-0.4, -0.2) is 31.2 Å². The number of hydrogen-bond acceptors (Lipinski definition) is 4. The molecule has 0 fully saturated rings. The van der Waals surface area contributed by atoms with Gasteiger partial charge in [0.15, 0.2) is 9.84 Å². The summed E-state index contributed by atoms with van der Waals surface area (Å²) >= 11 is 0. The number of aromatic nitrogens is 1. The second-order valence-corrected chi connectivity index (χ2v) is 7.42. The number of ether oxygens (including phenoxy) is 1. The van der Waals surface area contributed by atoms with Gasteiger partial charge in [0.25, 0.3) is 0 Å². The molecule has 0 unspecified atom stereocenters. The van der Waals surface area contributed by atoms with Gasteiger partial charge in [0, 0.05) is 17.1 Å². The van der Waals surface area contributed by atoms with Gasteiger partial charge in [-0.15, -0.1) is 0 Å². The Morgan fingerprint density at radius 3 is 2.67 bits per heavy atom. The number of carbonyl (C=O) groups excluding carboxylic acids is 1. The SMILES string of the molecule is CCS(=O)(=O)c1ccc2[nH]cc(CC(=O)OC(C)C)c2c1. The maximum atomic E-state index is 11.9. The fraction of sp³-hybridized carbons (Fsp3) is 0.400. The molecule has 0 spiro atoms. The van der Waals surface area contributed by atoms with E-state index in [1.165, 1.54) is 0 Å². The van der Waals surface area contributed by atoms with E-state index in [1.54, 1.807) is 45.2 Å². The van der Waals surface area contributed by atoms with Crippen molar-refractivity contribution < 1.29 is 17.9 Å². The predicted octanol–water partition coefficient (Wildman–Crippen LogP) is 2.46. The van der Waals surface area contributed by atoms with Gasteiger partial charge in [-0.25, -0.2) is 8.42 Å². The van der Waals surface area contributed by atoms with Crippen LogP contribution in [0.25, 0.3) is 10.9 Å². The highest BCUT2D eigenvalue weighted by Crippen LogP contribution is 2.23. The van der Waals surface area contributed by atoms with E-state index in [9.17, 15) is 13.2 Å². The topological polar surface area (TPSA) is 76.2 Å². The standard InChI is InChI=1S/C15H19NO4S/c1-4-21(18,19)12-5-6-14-13(8-12)11(9-16-14)7-15(17)20-10(2)3/h5-6,8-10,16H,4,7H2,1-3H3. The minimum Gasteiger partial charge on any atom is -0.463 e. The number of carbonyl (C=O) groups is 1. The number of aromatic amines is 1. The third-order valence-electron chi connectivity index (χ3n) is 3.18. The molecule has 6 heteroatoms. The van der Waals surface area contributed by atoms with Crippen LogP contribution in [0, 0.1) is 0 Å². The van der Waals surface area contributed by atoms with Gasteiger partial charge >= 0.3 is 5.97 Å². The quantitative estimate of drug-likeness (QED) is 0.861. The highest BCUT2D eigenvalue weighted by Gasteiger charge is 2.15. The maximum absolute atomic E-state index is 11.9. The third-order valence-corrected chi connectivity index (χ3v) is 4.91. The van der Waals surface area contributed by atoms with Crippen LogP contribution >= 0.6 is 0 Å². The Morgan fingerprint density at radius 2 is 2.05 bits per heavy atom. The van der Waals surface area contributed by atoms with Crippen molar-refractivity contribution in [3.8, 4) is 0 Å². The van der Waals surface area contributed by atoms with Gasteiger partial charge in [0.2, 0.25) is 0 Å². The number of fused-ring (bicyclic) bond motifs is 1. The van der Waals surface area contributed by atoms with Crippen molar-refractivity contribution in [3.05, 3.63) is 30.0 Å². The molecule has 0 aliphatic rings. The lowest BCUT2D eigenvalue weighted by atomic mass is 10.1. The molecule has 0 radical (unpaired) electrons. The molecule has 0 bridgehead atoms. The minimum absolute atomic E-state index is 0.0493. The lowest BCUT2D eigenvalue weighted by Crippen LogP contribution is -2.13. The van der Waals surface area contributed by atoms with Crippen LogP contribution in [0.5, 0.6) is 0 Å². The molecule has 21 heavy (non-hydrogen) atoms. The zero-order chi connectivity index (χ0) is 15.6. The van der Waals surface area contributed by atoms with Gasteiger partial charge in [-0.1, -0.05) is 6.92 Å². The van der Waals surface area contributed by atoms with Crippen molar-refractivity contribution in [3.63, 3.8) is 0 Å². The maximum Gasteiger partial charge on any atom is 0.310 e. The van der Waals surface area contributed by atoms with E-state index < -0.39 is 9.84 Å². The Labute approximate surface area is 124 Å². The molecule has 5 nitrogen and oxygen atoms in total. The summed E-state index contributed by atoms with van der Waals surface area (Å²) in [6.07, 6.45) is 1.67. The summed E-state index contributed by atoms with van der Waals surface area (Å²) in [6.45, 7) is 5.19. The van der Waals surface area contributed by atoms with Gasteiger partial charge in [-0.05, 0) is 37.6 Å². The van der Waals surface area contributed by atoms with E-state index >= 15 is 0 Å². The summed E-state index contributed by atoms with van der Waals surface area (Å²) in [5, 5.41) is 0.741. The normalized spacial score (nSPS) is 12.0. The minimum atomic E-state index is -3.26. The molecular formula is C15H19NO4S. The van der Waals surface area contributed by atoms with Crippen molar-refractivity contribution in [2.24, 2.45) is 0 Å². The van der Waals surface area contributed by atoms with Crippen LogP contribution in [0.1, 0.15) is 26.3 Å². The Hall–Kier alpha value is -1.82. The third kappa shape index (κ3) is 3.44. The monoisotopic (exact) mass is 309 g/mol. The number of esters is 1. The lowest BCUT2D eigenvalue weighted by Gasteiger charge is -2.07. The van der Waals surface area contributed by atoms with Crippen LogP contribution < -0.4 is 0 Å². The largest absolute Gasteiger partial charge is 0.463 e. The average Bonchev–Trinajstić information content (AvgIpc) is 2.80. The predicted molar refractivity (Wildman–Crippen MR) is 81.0 cm³/mol. The van der Waals surface area contributed by atoms with Crippen LogP contribution in [-0.2, 0) is 25.8 Å². The molecule has 2 rings (SSSR count). The highest BCUT2D eigenvalue weighted by atomic mass is 32.2. The van der Waals surface area contributed by atoms with Crippen molar-refractivity contribution in [1.29, 1.82) is 0 Å². The van der Waals surface area contributed by atoms with Crippen LogP contribution in [0.2, 0.25) is 0 Å². The summed E-state index contributed by atoms with van der Waals surface area (Å²) in [6, 6.07) is 4.91. The molecule has 0 saturated heterocycles. The Bertz CT molecular complexity index is 759. The van der Waals surface area contributed by atoms with E-state index in [1.807, 2.05) is 0 Å². The van der Waals surface area contributed by atoms with Crippen molar-refractivity contribution in [1.82, 2.24) is 4.98 Å². The summed E-state index contributed by atoms with van der Waals surface area (Å²) < 4.78 is 29.0. The molecule has 114 valence electrons. The Kier molecular flexibility index (Phi) is 4.37. The second-order valence-electron chi connectivity index (χ2n) is 5.14. The fourth-order valence-corrected chi connectivity index (χ4v) is 3.03. The smallest absolute Gasteiger partial charge is 0.310 e. The molecule has 2 aromatic rings. The number of hydrogen-bond donors (Lipinski definition) is 1. The molecule has 0 aliphatic carbocycles. The fourth-order valence-electron chi connectivity index (χ4n) is 2.12. The first-order valence-corrected chi connectivity index (χ1v) is 8.51. The van der Waals surface area contributed by atoms with Crippen LogP contribution in [0.3, 0.4) is 0 Å². The first-order chi connectivity index (χ1) is 9.83. The summed E-state index contributed by atoms with van der Waals surface area (Å²) in [7, 11) is -3.26. The van der Waals surface area contributed by atoms with Crippen molar-refractivity contribution in [2.75, 3.05) is 5.75 Å². The molecular weight excluding hydrogens is 290 g/mol. The molecule has 0 aliphatic heterocycles. The zero-order valence-corrected chi connectivity index (χ0v) is 13.2. The van der Waals surface area contributed by atoms with Crippen LogP contribution in [0.15, 0.2) is 29.3 Å². The van der Waals surface area contributed by atoms with E-state index in [2.05, 4.69) is 4.98 Å². The molecule has 0 saturated carbocycles. The van der Waals surface area contributed by atoms with Gasteiger partial charge in [0.05, 0.1) is 23.2 Å². The van der Waals surface area contributed by atoms with Gasteiger partial charge in [-0.2, -0.15) is 0 Å². The first kappa shape index (κ1) is 15.6. The van der Waals surface area contributed by atoms with E-state index in [4.69, 9.17) is 4.74 Å². The summed E-state index contributed by atoms with van der Waals surface area (Å²) in [5.74, 6) is -0.275. The molecule has 1 heterocycles. The Morgan fingerprint density at radius 1 is 1.33 bits per heavy atom. The average molecular weight is 309 g/mol. The number of nitrogens with one attached hydrogen (secondary N) is 1. The molecule has 0 atom stereocenters. The van der Waals surface area contributed by atoms with Crippen molar-refractivity contribution >= 4 is 26.7 Å². The Balaban J connectivity index is 2.38. The van der Waals surface area contributed by atoms with Crippen molar-refractivity contribution in [2.45, 2.75) is 38.2 Å². The molecule has 1 aromatic carbocycles. The van der Waals surface area contributed by atoms with E-state index in [0.29, 0.717) is 0 Å². The first-order valence-electron chi connectivity index (χ1n) is 6.85. The van der Waals surface area contributed by atoms with E-state index in [0.717, 1.165) is 16.5 Å². The zero-order valence-electron chi connectivity index (χ0n) is 12.3. The lowest BCUT2D eigenvalue weighted by molar-refractivity contribution is -0.146. The number of benzene rings is 1. The summed E-state index contributed by atoms with van der Waals surface area (Å²) in [5.41, 5.74) is 1.54. The second kappa shape index (κ2) is 5.89. The molecule has 1 aromatic heterocycles. The number of H-pyrrole nitrogens is 1. The van der Waals surface area contributed by atoms with Gasteiger partial charge in [-0.3, -0.25) is 4.79 Å². The number of sulfone groups is 1. The van der Waals surface area contributed by atoms with Crippen LogP contribution in [0.4, 0.5) is 0 Å². The highest BCUT2D eigenvalue weighted by molar-refractivity contribution is 7.91.